The summed E-state index contributed by atoms with van der Waals surface area (Å²) in [7, 11) is 0. The van der Waals surface area contributed by atoms with Crippen molar-refractivity contribution in [3.05, 3.63) is 93.4 Å². The molecule has 0 saturated heterocycles. The summed E-state index contributed by atoms with van der Waals surface area (Å²) >= 11 is 1.40. The highest BCUT2D eigenvalue weighted by Crippen LogP contribution is 2.26. The number of ether oxygens (including phenoxy) is 1. The first-order valence-corrected chi connectivity index (χ1v) is 9.02. The SMILES string of the molecule is O=C(COC(=O)c1ccc(F)cc1F)N[C@H](c1ccc(F)cc1)c1cccs1. The summed E-state index contributed by atoms with van der Waals surface area (Å²) in [6.45, 7) is -0.654. The van der Waals surface area contributed by atoms with Gasteiger partial charge in [0.15, 0.2) is 6.61 Å². The lowest BCUT2D eigenvalue weighted by Crippen LogP contribution is -2.32. The molecule has 2 aromatic carbocycles. The second-order valence-electron chi connectivity index (χ2n) is 5.77. The van der Waals surface area contributed by atoms with Crippen LogP contribution in [0.3, 0.4) is 0 Å². The van der Waals surface area contributed by atoms with Crippen LogP contribution in [0, 0.1) is 17.5 Å². The Labute approximate surface area is 162 Å². The fraction of sp³-hybridized carbons (Fsp3) is 0.100. The minimum Gasteiger partial charge on any atom is -0.452 e. The predicted molar refractivity (Wildman–Crippen MR) is 97.3 cm³/mol. The molecule has 4 nitrogen and oxygen atoms in total. The summed E-state index contributed by atoms with van der Waals surface area (Å²) in [4.78, 5) is 25.0. The van der Waals surface area contributed by atoms with E-state index in [1.165, 1.54) is 23.5 Å². The van der Waals surface area contributed by atoms with Crippen molar-refractivity contribution in [3.63, 3.8) is 0 Å². The molecule has 0 aliphatic carbocycles. The molecule has 0 aliphatic rings. The van der Waals surface area contributed by atoms with Crippen molar-refractivity contribution in [2.24, 2.45) is 0 Å². The number of nitrogens with one attached hydrogen (secondary N) is 1. The summed E-state index contributed by atoms with van der Waals surface area (Å²) < 4.78 is 44.5. The van der Waals surface area contributed by atoms with E-state index in [4.69, 9.17) is 4.74 Å². The molecule has 3 rings (SSSR count). The van der Waals surface area contributed by atoms with Gasteiger partial charge in [0.25, 0.3) is 5.91 Å². The molecule has 0 bridgehead atoms. The minimum absolute atomic E-state index is 0.407. The Bertz CT molecular complexity index is 975. The molecule has 0 saturated carbocycles. The number of rotatable bonds is 6. The van der Waals surface area contributed by atoms with Crippen LogP contribution < -0.4 is 5.32 Å². The van der Waals surface area contributed by atoms with Gasteiger partial charge in [-0.2, -0.15) is 0 Å². The molecule has 0 unspecified atom stereocenters. The molecule has 0 fully saturated rings. The Hall–Kier alpha value is -3.13. The summed E-state index contributed by atoms with van der Waals surface area (Å²) in [5.74, 6) is -4.02. The Morgan fingerprint density at radius 3 is 2.36 bits per heavy atom. The maximum absolute atomic E-state index is 13.6. The molecule has 0 spiro atoms. The van der Waals surface area contributed by atoms with E-state index in [0.29, 0.717) is 11.6 Å². The first-order chi connectivity index (χ1) is 13.4. The van der Waals surface area contributed by atoms with Gasteiger partial charge in [0.2, 0.25) is 0 Å². The third-order valence-electron chi connectivity index (χ3n) is 3.82. The highest BCUT2D eigenvalue weighted by Gasteiger charge is 2.20. The Balaban J connectivity index is 1.67. The van der Waals surface area contributed by atoms with Crippen LogP contribution in [-0.2, 0) is 9.53 Å². The highest BCUT2D eigenvalue weighted by molar-refractivity contribution is 7.10. The number of esters is 1. The molecular formula is C20H14F3NO3S. The van der Waals surface area contributed by atoms with E-state index in [0.717, 1.165) is 17.0 Å². The number of carbonyl (C=O) groups is 2. The maximum Gasteiger partial charge on any atom is 0.341 e. The van der Waals surface area contributed by atoms with Crippen LogP contribution in [0.1, 0.15) is 26.8 Å². The van der Waals surface area contributed by atoms with Gasteiger partial charge >= 0.3 is 5.97 Å². The number of carbonyl (C=O) groups excluding carboxylic acids is 2. The number of halogens is 3. The Morgan fingerprint density at radius 1 is 1.00 bits per heavy atom. The molecule has 144 valence electrons. The van der Waals surface area contributed by atoms with E-state index < -0.39 is 47.5 Å². The zero-order valence-corrected chi connectivity index (χ0v) is 15.1. The molecule has 8 heteroatoms. The van der Waals surface area contributed by atoms with Crippen molar-refractivity contribution in [3.8, 4) is 0 Å². The molecule has 1 N–H and O–H groups in total. The lowest BCUT2D eigenvalue weighted by molar-refractivity contribution is -0.124. The van der Waals surface area contributed by atoms with Crippen LogP contribution in [0.2, 0.25) is 0 Å². The van der Waals surface area contributed by atoms with Crippen LogP contribution in [-0.4, -0.2) is 18.5 Å². The van der Waals surface area contributed by atoms with Gasteiger partial charge in [-0.1, -0.05) is 18.2 Å². The fourth-order valence-electron chi connectivity index (χ4n) is 2.50. The van der Waals surface area contributed by atoms with E-state index in [1.54, 1.807) is 24.3 Å². The van der Waals surface area contributed by atoms with Crippen LogP contribution in [0.15, 0.2) is 60.0 Å². The number of hydrogen-bond acceptors (Lipinski definition) is 4. The third-order valence-corrected chi connectivity index (χ3v) is 4.76. The monoisotopic (exact) mass is 405 g/mol. The average molecular weight is 405 g/mol. The molecular weight excluding hydrogens is 391 g/mol. The molecule has 3 aromatic rings. The average Bonchev–Trinajstić information content (AvgIpc) is 3.19. The standard InChI is InChI=1S/C20H14F3NO3S/c21-13-5-3-12(4-6-13)19(17-2-1-9-28-17)24-18(25)11-27-20(26)15-8-7-14(22)10-16(15)23/h1-10,19H,11H2,(H,24,25)/t19-/m1/s1. The largest absolute Gasteiger partial charge is 0.452 e. The van der Waals surface area contributed by atoms with Crippen LogP contribution in [0.25, 0.3) is 0 Å². The summed E-state index contributed by atoms with van der Waals surface area (Å²) in [5, 5.41) is 4.53. The smallest absolute Gasteiger partial charge is 0.341 e. The van der Waals surface area contributed by atoms with Gasteiger partial charge in [0, 0.05) is 10.9 Å². The van der Waals surface area contributed by atoms with E-state index in [1.807, 2.05) is 5.38 Å². The molecule has 28 heavy (non-hydrogen) atoms. The van der Waals surface area contributed by atoms with E-state index >= 15 is 0 Å². The Kier molecular flexibility index (Phi) is 6.10. The molecule has 1 atom stereocenters. The second-order valence-corrected chi connectivity index (χ2v) is 6.75. The lowest BCUT2D eigenvalue weighted by Gasteiger charge is -2.18. The quantitative estimate of drug-likeness (QED) is 0.625. The molecule has 1 heterocycles. The zero-order valence-electron chi connectivity index (χ0n) is 14.3. The van der Waals surface area contributed by atoms with Gasteiger partial charge in [-0.3, -0.25) is 4.79 Å². The molecule has 1 amide bonds. The third kappa shape index (κ3) is 4.77. The van der Waals surface area contributed by atoms with E-state index in [9.17, 15) is 22.8 Å². The number of amides is 1. The predicted octanol–water partition coefficient (Wildman–Crippen LogP) is 4.23. The number of benzene rings is 2. The normalized spacial score (nSPS) is 11.7. The first-order valence-electron chi connectivity index (χ1n) is 8.14. The minimum atomic E-state index is -1.08. The lowest BCUT2D eigenvalue weighted by atomic mass is 10.1. The van der Waals surface area contributed by atoms with Gasteiger partial charge in [0.05, 0.1) is 11.6 Å². The molecule has 0 aliphatic heterocycles. The first kappa shape index (κ1) is 19.6. The van der Waals surface area contributed by atoms with Crippen molar-refractivity contribution in [1.82, 2.24) is 5.32 Å². The Morgan fingerprint density at radius 2 is 1.71 bits per heavy atom. The van der Waals surface area contributed by atoms with Gasteiger partial charge in [0.1, 0.15) is 17.5 Å². The summed E-state index contributed by atoms with van der Waals surface area (Å²) in [5.41, 5.74) is 0.177. The topological polar surface area (TPSA) is 55.4 Å². The molecule has 1 aromatic heterocycles. The summed E-state index contributed by atoms with van der Waals surface area (Å²) in [6, 6.07) is 11.1. The van der Waals surface area contributed by atoms with Crippen molar-refractivity contribution < 1.29 is 27.5 Å². The van der Waals surface area contributed by atoms with E-state index in [-0.39, 0.29) is 0 Å². The fourth-order valence-corrected chi connectivity index (χ4v) is 3.30. The van der Waals surface area contributed by atoms with Crippen molar-refractivity contribution in [2.45, 2.75) is 6.04 Å². The van der Waals surface area contributed by atoms with Crippen LogP contribution in [0.4, 0.5) is 13.2 Å². The molecule has 0 radical (unpaired) electrons. The van der Waals surface area contributed by atoms with Gasteiger partial charge in [-0.25, -0.2) is 18.0 Å². The number of thiophene rings is 1. The van der Waals surface area contributed by atoms with Crippen molar-refractivity contribution in [1.29, 1.82) is 0 Å². The van der Waals surface area contributed by atoms with Gasteiger partial charge in [-0.05, 0) is 41.3 Å². The number of hydrogen-bond donors (Lipinski definition) is 1. The van der Waals surface area contributed by atoms with Crippen molar-refractivity contribution >= 4 is 23.2 Å². The maximum atomic E-state index is 13.6. The van der Waals surface area contributed by atoms with Crippen LogP contribution in [0.5, 0.6) is 0 Å². The second kappa shape index (κ2) is 8.71. The van der Waals surface area contributed by atoms with Gasteiger partial charge in [-0.15, -0.1) is 11.3 Å². The summed E-state index contributed by atoms with van der Waals surface area (Å²) in [6.07, 6.45) is 0. The van der Waals surface area contributed by atoms with E-state index in [2.05, 4.69) is 5.32 Å². The van der Waals surface area contributed by atoms with Crippen LogP contribution >= 0.6 is 11.3 Å². The van der Waals surface area contributed by atoms with Gasteiger partial charge < -0.3 is 10.1 Å². The highest BCUT2D eigenvalue weighted by atomic mass is 32.1. The van der Waals surface area contributed by atoms with Crippen molar-refractivity contribution in [2.75, 3.05) is 6.61 Å². The zero-order chi connectivity index (χ0) is 20.1.